The molecule has 0 unspecified atom stereocenters. The van der Waals surface area contributed by atoms with Crippen LogP contribution in [-0.2, 0) is 60.8 Å². The summed E-state index contributed by atoms with van der Waals surface area (Å²) in [6.07, 6.45) is 0.290. The highest BCUT2D eigenvalue weighted by Crippen LogP contribution is 2.19. The van der Waals surface area contributed by atoms with Gasteiger partial charge in [0, 0.05) is 45.6 Å². The molecule has 1 aliphatic heterocycles. The average Bonchev–Trinajstić information content (AvgIpc) is 3.88. The van der Waals surface area contributed by atoms with Crippen molar-refractivity contribution in [2.75, 3.05) is 31.5 Å². The molecule has 2 aromatic rings. The van der Waals surface area contributed by atoms with Gasteiger partial charge in [-0.15, -0.1) is 0 Å². The van der Waals surface area contributed by atoms with Gasteiger partial charge in [0.1, 0.15) is 24.2 Å². The van der Waals surface area contributed by atoms with E-state index >= 15 is 0 Å². The summed E-state index contributed by atoms with van der Waals surface area (Å²) < 4.78 is 31.7. The third-order valence-electron chi connectivity index (χ3n) is 11.8. The second-order valence-electron chi connectivity index (χ2n) is 18.9. The first kappa shape index (κ1) is 66.3. The minimum absolute atomic E-state index is 0.00231. The van der Waals surface area contributed by atoms with Crippen molar-refractivity contribution in [3.8, 4) is 0 Å². The molecule has 0 radical (unpaired) electrons. The molecule has 27 heteroatoms. The molecule has 0 spiro atoms. The van der Waals surface area contributed by atoms with Crippen LogP contribution in [0.25, 0.3) is 0 Å². The fourth-order valence-corrected chi connectivity index (χ4v) is 7.80. The second kappa shape index (κ2) is 34.7. The van der Waals surface area contributed by atoms with E-state index in [1.807, 2.05) is 44.2 Å². The minimum Gasteiger partial charge on any atom is -0.475 e. The van der Waals surface area contributed by atoms with E-state index < -0.39 is 84.3 Å². The van der Waals surface area contributed by atoms with Crippen LogP contribution < -0.4 is 60.0 Å². The molecule has 1 heterocycles. The van der Waals surface area contributed by atoms with Crippen molar-refractivity contribution in [3.05, 3.63) is 65.7 Å². The first-order valence-electron chi connectivity index (χ1n) is 25.6. The number of aryl methyl sites for hydroxylation is 1. The number of nitrogens with two attached hydrogens (primary N) is 3. The molecule has 15 N–H and O–H groups in total. The molecule has 78 heavy (non-hydrogen) atoms. The first-order chi connectivity index (χ1) is 36.8. The highest BCUT2D eigenvalue weighted by Gasteiger charge is 2.38. The number of guanidine groups is 1. The third kappa shape index (κ3) is 27.3. The number of likely N-dealkylation sites (tertiary alicyclic amines) is 1. The van der Waals surface area contributed by atoms with Gasteiger partial charge in [0.15, 0.2) is 5.96 Å². The maximum absolute atomic E-state index is 14.1. The van der Waals surface area contributed by atoms with Crippen molar-refractivity contribution < 1.29 is 66.2 Å². The number of nitrogens with zero attached hydrogens (tertiary/aromatic N) is 2. The van der Waals surface area contributed by atoms with Crippen LogP contribution in [0.5, 0.6) is 0 Å². The monoisotopic (exact) mass is 1100 g/mol. The van der Waals surface area contributed by atoms with Gasteiger partial charge in [-0.2, -0.15) is 13.2 Å². The maximum Gasteiger partial charge on any atom is 0.490 e. The van der Waals surface area contributed by atoms with Crippen molar-refractivity contribution in [3.63, 3.8) is 0 Å². The molecule has 1 saturated heterocycles. The molecule has 1 fully saturated rings. The highest BCUT2D eigenvalue weighted by molar-refractivity contribution is 5.99. The fraction of sp³-hybridized carbons (Fsp3) is 0.549. The van der Waals surface area contributed by atoms with E-state index in [1.165, 1.54) is 18.7 Å². The lowest BCUT2D eigenvalue weighted by Gasteiger charge is -2.26. The summed E-state index contributed by atoms with van der Waals surface area (Å²) in [5, 5.41) is 23.5. The normalized spacial score (nSPS) is 14.4. The SMILES string of the molecule is CC(=O)NCCCCCC(=O)NNC(=O)[C@H](N)Cc1ccc(NC(=O)[C@H](CCCCN=C(N)N)NC(=O)[C@H](CCc2ccccc2)NC(=O)CNC(=O)[C@H](CC(C)C)NC(=O)[C@@H]2CCCN2C(C)=O)cc1.O=C(O)C(F)(F)F. The predicted octanol–water partition coefficient (Wildman–Crippen LogP) is 0.676. The van der Waals surface area contributed by atoms with E-state index in [2.05, 4.69) is 47.7 Å². The van der Waals surface area contributed by atoms with Gasteiger partial charge in [0.05, 0.1) is 12.6 Å². The zero-order valence-corrected chi connectivity index (χ0v) is 44.5. The Morgan fingerprint density at radius 2 is 1.38 bits per heavy atom. The number of carbonyl (C=O) groups is 10. The third-order valence-corrected chi connectivity index (χ3v) is 11.8. The summed E-state index contributed by atoms with van der Waals surface area (Å²) in [7, 11) is 0. The van der Waals surface area contributed by atoms with Gasteiger partial charge in [-0.25, -0.2) is 4.79 Å². The van der Waals surface area contributed by atoms with Gasteiger partial charge >= 0.3 is 12.1 Å². The van der Waals surface area contributed by atoms with Gasteiger partial charge < -0.3 is 59.1 Å². The van der Waals surface area contributed by atoms with Crippen LogP contribution in [0.4, 0.5) is 18.9 Å². The van der Waals surface area contributed by atoms with E-state index in [9.17, 15) is 56.3 Å². The number of aliphatic imine (C=N–C) groups is 1. The molecule has 9 amide bonds. The minimum atomic E-state index is -5.08. The van der Waals surface area contributed by atoms with Crippen LogP contribution >= 0.6 is 0 Å². The van der Waals surface area contributed by atoms with Crippen molar-refractivity contribution in [1.29, 1.82) is 0 Å². The smallest absolute Gasteiger partial charge is 0.475 e. The Hall–Kier alpha value is -7.84. The second-order valence-corrected chi connectivity index (χ2v) is 18.9. The predicted molar refractivity (Wildman–Crippen MR) is 282 cm³/mol. The summed E-state index contributed by atoms with van der Waals surface area (Å²) in [6.45, 7) is 7.36. The summed E-state index contributed by atoms with van der Waals surface area (Å²) in [5.41, 5.74) is 23.7. The lowest BCUT2D eigenvalue weighted by molar-refractivity contribution is -0.192. The molecule has 0 bridgehead atoms. The van der Waals surface area contributed by atoms with Crippen LogP contribution in [0.2, 0.25) is 0 Å². The number of halogens is 3. The topological polar surface area (TPSA) is 381 Å². The fourth-order valence-electron chi connectivity index (χ4n) is 7.80. The number of nitrogens with one attached hydrogen (secondary N) is 8. The van der Waals surface area contributed by atoms with E-state index in [-0.39, 0.29) is 61.7 Å². The standard InChI is InChI=1S/C49H75N13O9.C2HF3O2/c1-31(2)28-40(59-48(71)41-17-13-27-62(41)33(4)64)45(68)55-30-43(66)57-39(24-21-34-14-7-5-8-15-34)47(70)58-38(16-10-12-26-54-49(51)52)46(69)56-36-22-19-35(20-23-36)29-37(50)44(67)61-60-42(65)18-9-6-11-25-53-32(3)63;3-2(4,5)1(6)7/h5,7-8,14-15,19-20,22-23,31,37-41H,6,9-13,16-18,21,24-30,50H2,1-4H3,(H,53,63)(H,55,68)(H,56,69)(H,57,66)(H,58,70)(H,59,71)(H,60,65)(H,61,67)(H4,51,52,54);(H,6,7)/t37-,38+,39+,40+,41+;/m1./s1. The molecule has 5 atom stereocenters. The number of hydrogen-bond donors (Lipinski definition) is 12. The molecule has 0 aliphatic carbocycles. The molecule has 24 nitrogen and oxygen atoms in total. The zero-order chi connectivity index (χ0) is 58.4. The van der Waals surface area contributed by atoms with Crippen LogP contribution in [0, 0.1) is 5.92 Å². The largest absolute Gasteiger partial charge is 0.490 e. The summed E-state index contributed by atoms with van der Waals surface area (Å²) in [5.74, 6) is -7.06. The lowest BCUT2D eigenvalue weighted by atomic mass is 10.0. The molecule has 0 saturated carbocycles. The van der Waals surface area contributed by atoms with Gasteiger partial charge in [-0.3, -0.25) is 59.0 Å². The van der Waals surface area contributed by atoms with Crippen molar-refractivity contribution in [2.45, 2.75) is 148 Å². The Balaban J connectivity index is 0.00000277. The number of amides is 9. The average molecular weight is 1100 g/mol. The first-order valence-corrected chi connectivity index (χ1v) is 25.6. The lowest BCUT2D eigenvalue weighted by Crippen LogP contribution is -2.56. The Kier molecular flexibility index (Phi) is 29.5. The van der Waals surface area contributed by atoms with E-state index in [4.69, 9.17) is 27.1 Å². The Labute approximate surface area is 451 Å². The summed E-state index contributed by atoms with van der Waals surface area (Å²) in [6, 6.07) is 11.0. The molecule has 2 aromatic carbocycles. The van der Waals surface area contributed by atoms with Gasteiger partial charge in [-0.05, 0) is 99.8 Å². The molecule has 0 aromatic heterocycles. The number of carbonyl (C=O) groups excluding carboxylic acids is 9. The Morgan fingerprint density at radius 1 is 0.731 bits per heavy atom. The molecule has 432 valence electrons. The van der Waals surface area contributed by atoms with E-state index in [0.29, 0.717) is 69.4 Å². The number of carboxylic acids is 1. The number of hydrazine groups is 1. The number of unbranched alkanes of at least 4 members (excludes halogenated alkanes) is 3. The van der Waals surface area contributed by atoms with Crippen molar-refractivity contribution in [2.24, 2.45) is 28.1 Å². The van der Waals surface area contributed by atoms with E-state index in [1.54, 1.807) is 24.3 Å². The molecule has 3 rings (SSSR count). The molecule has 1 aliphatic rings. The maximum atomic E-state index is 14.1. The van der Waals surface area contributed by atoms with Crippen LogP contribution in [0.15, 0.2) is 59.6 Å². The summed E-state index contributed by atoms with van der Waals surface area (Å²) in [4.78, 5) is 130. The van der Waals surface area contributed by atoms with Crippen LogP contribution in [0.1, 0.15) is 109 Å². The highest BCUT2D eigenvalue weighted by atomic mass is 19.4. The number of aliphatic carboxylic acids is 1. The number of hydrogen-bond acceptors (Lipinski definition) is 12. The van der Waals surface area contributed by atoms with Crippen LogP contribution in [0.3, 0.4) is 0 Å². The number of carboxylic acid groups (broad SMARTS) is 1. The van der Waals surface area contributed by atoms with Gasteiger partial charge in [0.25, 0.3) is 5.91 Å². The van der Waals surface area contributed by atoms with Crippen LogP contribution in [-0.4, -0.2) is 138 Å². The molecular weight excluding hydrogens is 1030 g/mol. The zero-order valence-electron chi connectivity index (χ0n) is 44.5. The summed E-state index contributed by atoms with van der Waals surface area (Å²) >= 11 is 0. The van der Waals surface area contributed by atoms with E-state index in [0.717, 1.165) is 18.4 Å². The number of alkyl halides is 3. The Morgan fingerprint density at radius 3 is 1.99 bits per heavy atom. The van der Waals surface area contributed by atoms with Gasteiger partial charge in [0.2, 0.25) is 47.3 Å². The Bertz CT molecular complexity index is 2340. The number of rotatable bonds is 29. The quantitative estimate of drug-likeness (QED) is 0.0231. The number of benzene rings is 2. The van der Waals surface area contributed by atoms with Gasteiger partial charge in [-0.1, -0.05) is 62.7 Å². The van der Waals surface area contributed by atoms with Crippen molar-refractivity contribution >= 4 is 70.8 Å². The van der Waals surface area contributed by atoms with Crippen molar-refractivity contribution in [1.82, 2.24) is 42.3 Å². The number of anilines is 1. The molecular formula is C51H76F3N13O11.